The summed E-state index contributed by atoms with van der Waals surface area (Å²) in [6, 6.07) is 7.31. The summed E-state index contributed by atoms with van der Waals surface area (Å²) in [6.07, 6.45) is -1.19. The molecule has 0 aliphatic carbocycles. The predicted octanol–water partition coefficient (Wildman–Crippen LogP) is 4.87. The number of amides is 2. The molecule has 0 radical (unpaired) electrons. The molecule has 2 heterocycles. The summed E-state index contributed by atoms with van der Waals surface area (Å²) < 4.78 is 38.0. The van der Waals surface area contributed by atoms with Gasteiger partial charge in [0, 0.05) is 29.0 Å². The Morgan fingerprint density at radius 1 is 1.12 bits per heavy atom. The van der Waals surface area contributed by atoms with Gasteiger partial charge in [-0.15, -0.1) is 11.3 Å². The molecule has 0 atom stereocenters. The van der Waals surface area contributed by atoms with Gasteiger partial charge in [0.15, 0.2) is 0 Å². The lowest BCUT2D eigenvalue weighted by Gasteiger charge is -2.10. The second-order valence-corrected chi connectivity index (χ2v) is 5.80. The van der Waals surface area contributed by atoms with Crippen molar-refractivity contribution in [2.75, 3.05) is 10.6 Å². The van der Waals surface area contributed by atoms with Crippen molar-refractivity contribution >= 4 is 28.9 Å². The third-order valence-corrected chi connectivity index (χ3v) is 3.99. The van der Waals surface area contributed by atoms with Gasteiger partial charge in [-0.25, -0.2) is 9.78 Å². The van der Waals surface area contributed by atoms with E-state index in [4.69, 9.17) is 0 Å². The van der Waals surface area contributed by atoms with Gasteiger partial charge < -0.3 is 5.32 Å². The number of nitrogens with zero attached hydrogens (tertiary/aromatic N) is 2. The van der Waals surface area contributed by atoms with Crippen LogP contribution in [0, 0.1) is 0 Å². The zero-order valence-corrected chi connectivity index (χ0v) is 13.4. The summed E-state index contributed by atoms with van der Waals surface area (Å²) in [5.41, 5.74) is 0.00620. The highest BCUT2D eigenvalue weighted by atomic mass is 32.1. The van der Waals surface area contributed by atoms with Gasteiger partial charge in [-0.1, -0.05) is 6.07 Å². The lowest BCUT2D eigenvalue weighted by atomic mass is 10.2. The van der Waals surface area contributed by atoms with Gasteiger partial charge in [0.2, 0.25) is 0 Å². The minimum absolute atomic E-state index is 0.0371. The number of urea groups is 1. The fraction of sp³-hybridized carbons (Fsp3) is 0.0625. The Bertz CT molecular complexity index is 880. The highest BCUT2D eigenvalue weighted by molar-refractivity contribution is 7.13. The smallest absolute Gasteiger partial charge is 0.308 e. The fourth-order valence-corrected chi connectivity index (χ4v) is 2.75. The number of carbonyl (C=O) groups is 1. The third kappa shape index (κ3) is 4.32. The van der Waals surface area contributed by atoms with Gasteiger partial charge in [0.1, 0.15) is 10.8 Å². The second kappa shape index (κ2) is 6.89. The molecule has 0 bridgehead atoms. The van der Waals surface area contributed by atoms with E-state index in [2.05, 4.69) is 20.6 Å². The molecular weight excluding hydrogens is 353 g/mol. The van der Waals surface area contributed by atoms with Gasteiger partial charge >= 0.3 is 12.2 Å². The van der Waals surface area contributed by atoms with Crippen molar-refractivity contribution in [2.45, 2.75) is 6.18 Å². The fourth-order valence-electron chi connectivity index (χ4n) is 2.00. The molecule has 1 aromatic carbocycles. The van der Waals surface area contributed by atoms with Crippen molar-refractivity contribution < 1.29 is 18.0 Å². The number of anilines is 2. The number of hydrogen-bond donors (Lipinski definition) is 2. The van der Waals surface area contributed by atoms with E-state index in [1.165, 1.54) is 23.5 Å². The molecule has 0 unspecified atom stereocenters. The van der Waals surface area contributed by atoms with Gasteiger partial charge in [0.05, 0.1) is 5.56 Å². The number of carbonyl (C=O) groups excluding carboxylic acids is 1. The molecule has 5 nitrogen and oxygen atoms in total. The van der Waals surface area contributed by atoms with Crippen molar-refractivity contribution in [3.63, 3.8) is 0 Å². The van der Waals surface area contributed by atoms with Crippen LogP contribution in [-0.4, -0.2) is 16.0 Å². The quantitative estimate of drug-likeness (QED) is 0.697. The van der Waals surface area contributed by atoms with Crippen molar-refractivity contribution in [3.8, 4) is 10.6 Å². The van der Waals surface area contributed by atoms with Gasteiger partial charge in [-0.2, -0.15) is 13.2 Å². The average Bonchev–Trinajstić information content (AvgIpc) is 3.03. The first-order chi connectivity index (χ1) is 11.9. The molecule has 0 spiro atoms. The highest BCUT2D eigenvalue weighted by Gasteiger charge is 2.30. The Morgan fingerprint density at radius 2 is 1.96 bits per heavy atom. The maximum atomic E-state index is 12.7. The number of thiazole rings is 1. The van der Waals surface area contributed by atoms with Crippen molar-refractivity contribution in [1.29, 1.82) is 0 Å². The first kappa shape index (κ1) is 16.9. The van der Waals surface area contributed by atoms with Gasteiger partial charge in [0.25, 0.3) is 0 Å². The summed E-state index contributed by atoms with van der Waals surface area (Å²) in [5.74, 6) is 0.299. The van der Waals surface area contributed by atoms with Crippen molar-refractivity contribution in [1.82, 2.24) is 9.97 Å². The number of halogens is 3. The first-order valence-corrected chi connectivity index (χ1v) is 7.91. The molecule has 0 aliphatic heterocycles. The largest absolute Gasteiger partial charge is 0.416 e. The van der Waals surface area contributed by atoms with E-state index >= 15 is 0 Å². The van der Waals surface area contributed by atoms with Gasteiger partial charge in [-0.05, 0) is 30.3 Å². The molecule has 0 saturated heterocycles. The van der Waals surface area contributed by atoms with Crippen molar-refractivity contribution in [2.24, 2.45) is 0 Å². The van der Waals surface area contributed by atoms with Crippen LogP contribution in [0.15, 0.2) is 54.2 Å². The van der Waals surface area contributed by atoms with E-state index < -0.39 is 17.8 Å². The standard InChI is InChI=1S/C16H11F3N4OS/c17-16(18,19)11-4-1-5-12(7-11)21-15(24)23-13-9-25-14(22-13)10-3-2-6-20-8-10/h1-9H,(H2,21,23,24). The SMILES string of the molecule is O=C(Nc1cccc(C(F)(F)F)c1)Nc1csc(-c2cccnc2)n1. The second-order valence-electron chi connectivity index (χ2n) is 4.94. The van der Waals surface area contributed by atoms with Crippen molar-refractivity contribution in [3.05, 3.63) is 59.7 Å². The van der Waals surface area contributed by atoms with E-state index in [0.717, 1.165) is 17.7 Å². The molecule has 128 valence electrons. The molecular formula is C16H11F3N4OS. The highest BCUT2D eigenvalue weighted by Crippen LogP contribution is 2.30. The summed E-state index contributed by atoms with van der Waals surface area (Å²) in [6.45, 7) is 0. The Hall–Kier alpha value is -2.94. The molecule has 0 aliphatic rings. The lowest BCUT2D eigenvalue weighted by molar-refractivity contribution is -0.137. The van der Waals surface area contributed by atoms with Crippen LogP contribution in [0.4, 0.5) is 29.5 Å². The molecule has 2 N–H and O–H groups in total. The zero-order valence-electron chi connectivity index (χ0n) is 12.5. The maximum Gasteiger partial charge on any atom is 0.416 e. The number of rotatable bonds is 3. The summed E-state index contributed by atoms with van der Waals surface area (Å²) >= 11 is 1.31. The van der Waals surface area contributed by atoms with E-state index in [0.29, 0.717) is 10.8 Å². The minimum Gasteiger partial charge on any atom is -0.308 e. The molecule has 25 heavy (non-hydrogen) atoms. The summed E-state index contributed by atoms with van der Waals surface area (Å²) in [7, 11) is 0. The van der Waals surface area contributed by atoms with E-state index in [1.807, 2.05) is 6.07 Å². The Balaban J connectivity index is 1.67. The number of nitrogens with one attached hydrogen (secondary N) is 2. The average molecular weight is 364 g/mol. The van der Waals surface area contributed by atoms with Crippen LogP contribution in [-0.2, 0) is 6.18 Å². The molecule has 3 rings (SSSR count). The van der Waals surface area contributed by atoms with Crippen LogP contribution < -0.4 is 10.6 Å². The summed E-state index contributed by atoms with van der Waals surface area (Å²) in [5, 5.41) is 7.14. The number of benzene rings is 1. The van der Waals surface area contributed by atoms with E-state index in [9.17, 15) is 18.0 Å². The maximum absolute atomic E-state index is 12.7. The molecule has 9 heteroatoms. The third-order valence-electron chi connectivity index (χ3n) is 3.10. The molecule has 2 amide bonds. The summed E-state index contributed by atoms with van der Waals surface area (Å²) in [4.78, 5) is 20.2. The van der Waals surface area contributed by atoms with E-state index in [1.54, 1.807) is 23.8 Å². The number of aromatic nitrogens is 2. The molecule has 3 aromatic rings. The molecule has 2 aromatic heterocycles. The van der Waals surface area contributed by atoms with Crippen LogP contribution in [0.3, 0.4) is 0 Å². The molecule has 0 saturated carbocycles. The van der Waals surface area contributed by atoms with Crippen LogP contribution >= 0.6 is 11.3 Å². The predicted molar refractivity (Wildman–Crippen MR) is 89.4 cm³/mol. The minimum atomic E-state index is -4.47. The van der Waals surface area contributed by atoms with Gasteiger partial charge in [-0.3, -0.25) is 10.3 Å². The number of alkyl halides is 3. The lowest BCUT2D eigenvalue weighted by Crippen LogP contribution is -2.20. The Morgan fingerprint density at radius 3 is 2.68 bits per heavy atom. The normalized spacial score (nSPS) is 11.2. The Kier molecular flexibility index (Phi) is 4.66. The Labute approximate surface area is 144 Å². The number of hydrogen-bond acceptors (Lipinski definition) is 4. The number of pyridine rings is 1. The van der Waals surface area contributed by atoms with E-state index in [-0.39, 0.29) is 5.69 Å². The topological polar surface area (TPSA) is 66.9 Å². The van der Waals surface area contributed by atoms with Crippen LogP contribution in [0.25, 0.3) is 10.6 Å². The first-order valence-electron chi connectivity index (χ1n) is 7.03. The van der Waals surface area contributed by atoms with Crippen LogP contribution in [0.5, 0.6) is 0 Å². The molecule has 0 fully saturated rings. The zero-order chi connectivity index (χ0) is 17.9. The van der Waals surface area contributed by atoms with Crippen LogP contribution in [0.1, 0.15) is 5.56 Å². The monoisotopic (exact) mass is 364 g/mol. The van der Waals surface area contributed by atoms with Crippen LogP contribution in [0.2, 0.25) is 0 Å².